The molecule has 0 aliphatic carbocycles. The molecule has 25 heavy (non-hydrogen) atoms. The lowest BCUT2D eigenvalue weighted by Gasteiger charge is -2.32. The molecule has 0 aromatic heterocycles. The summed E-state index contributed by atoms with van der Waals surface area (Å²) < 4.78 is 27.7. The fourth-order valence-electron chi connectivity index (χ4n) is 3.49. The van der Waals surface area contributed by atoms with Crippen molar-refractivity contribution in [1.29, 1.82) is 0 Å². The minimum atomic E-state index is -3.54. The van der Waals surface area contributed by atoms with Crippen LogP contribution in [0.2, 0.25) is 5.02 Å². The van der Waals surface area contributed by atoms with Crippen molar-refractivity contribution in [3.8, 4) is 0 Å². The van der Waals surface area contributed by atoms with Crippen molar-refractivity contribution >= 4 is 34.0 Å². The molecule has 0 spiro atoms. The molecule has 1 unspecified atom stereocenters. The second-order valence-electron chi connectivity index (χ2n) is 6.94. The second-order valence-corrected chi connectivity index (χ2v) is 9.25. The molecule has 5 nitrogen and oxygen atoms in total. The standard InChI is InChI=1S/C17H26ClN3O2S.ClH/c1-13(2)14-3-4-16(18)17(11-14)24(22,23)21-8-5-15(12-21)20-9-6-19-7-10-20;/h3-4,11,13,15,19H,5-10,12H2,1-2H3;1H. The Morgan fingerprint density at radius 3 is 2.52 bits per heavy atom. The number of hydrogen-bond donors (Lipinski definition) is 1. The molecular formula is C17H27Cl2N3O2S. The van der Waals surface area contributed by atoms with Gasteiger partial charge in [-0.05, 0) is 30.0 Å². The molecule has 0 bridgehead atoms. The lowest BCUT2D eigenvalue weighted by atomic mass is 10.0. The maximum atomic E-state index is 13.1. The van der Waals surface area contributed by atoms with E-state index in [1.54, 1.807) is 16.4 Å². The van der Waals surface area contributed by atoms with E-state index in [1.807, 2.05) is 6.07 Å². The fourth-order valence-corrected chi connectivity index (χ4v) is 5.49. The van der Waals surface area contributed by atoms with E-state index in [2.05, 4.69) is 24.1 Å². The predicted molar refractivity (Wildman–Crippen MR) is 104 cm³/mol. The highest BCUT2D eigenvalue weighted by Gasteiger charge is 2.36. The summed E-state index contributed by atoms with van der Waals surface area (Å²) in [4.78, 5) is 2.65. The molecule has 0 radical (unpaired) electrons. The highest BCUT2D eigenvalue weighted by molar-refractivity contribution is 7.89. The molecule has 8 heteroatoms. The van der Waals surface area contributed by atoms with Gasteiger partial charge in [-0.2, -0.15) is 4.31 Å². The Balaban J connectivity index is 0.00000225. The maximum absolute atomic E-state index is 13.1. The zero-order valence-electron chi connectivity index (χ0n) is 14.7. The number of rotatable bonds is 4. The van der Waals surface area contributed by atoms with E-state index in [0.29, 0.717) is 24.2 Å². The molecule has 2 heterocycles. The van der Waals surface area contributed by atoms with E-state index in [9.17, 15) is 8.42 Å². The Labute approximate surface area is 162 Å². The van der Waals surface area contributed by atoms with Crippen molar-refractivity contribution in [2.75, 3.05) is 39.3 Å². The first kappa shape index (κ1) is 20.9. The second kappa shape index (κ2) is 8.55. The van der Waals surface area contributed by atoms with E-state index < -0.39 is 10.0 Å². The highest BCUT2D eigenvalue weighted by atomic mass is 35.5. The van der Waals surface area contributed by atoms with E-state index in [1.165, 1.54) is 0 Å². The van der Waals surface area contributed by atoms with Gasteiger partial charge in [0.25, 0.3) is 0 Å². The summed E-state index contributed by atoms with van der Waals surface area (Å²) in [5, 5.41) is 3.65. The van der Waals surface area contributed by atoms with Gasteiger partial charge in [0.1, 0.15) is 4.90 Å². The van der Waals surface area contributed by atoms with Gasteiger partial charge < -0.3 is 5.32 Å². The number of sulfonamides is 1. The summed E-state index contributed by atoms with van der Waals surface area (Å²) in [6.45, 7) is 9.16. The average Bonchev–Trinajstić information content (AvgIpc) is 3.06. The van der Waals surface area contributed by atoms with Crippen molar-refractivity contribution in [1.82, 2.24) is 14.5 Å². The molecule has 2 fully saturated rings. The first-order valence-corrected chi connectivity index (χ1v) is 10.5. The first-order chi connectivity index (χ1) is 11.4. The van der Waals surface area contributed by atoms with Gasteiger partial charge in [0.05, 0.1) is 5.02 Å². The molecule has 1 N–H and O–H groups in total. The number of benzene rings is 1. The molecule has 3 rings (SSSR count). The van der Waals surface area contributed by atoms with E-state index in [4.69, 9.17) is 11.6 Å². The van der Waals surface area contributed by atoms with Gasteiger partial charge >= 0.3 is 0 Å². The topological polar surface area (TPSA) is 52.7 Å². The molecule has 142 valence electrons. The Kier molecular flexibility index (Phi) is 7.16. The van der Waals surface area contributed by atoms with Gasteiger partial charge in [-0.15, -0.1) is 12.4 Å². The summed E-state index contributed by atoms with van der Waals surface area (Å²) in [6, 6.07) is 5.65. The molecule has 1 aromatic carbocycles. The van der Waals surface area contributed by atoms with Crippen LogP contribution in [-0.2, 0) is 10.0 Å². The average molecular weight is 408 g/mol. The lowest BCUT2D eigenvalue weighted by Crippen LogP contribution is -2.49. The van der Waals surface area contributed by atoms with Crippen molar-refractivity contribution in [2.24, 2.45) is 0 Å². The molecule has 2 aliphatic rings. The van der Waals surface area contributed by atoms with Crippen LogP contribution in [0.15, 0.2) is 23.1 Å². The van der Waals surface area contributed by atoms with E-state index in [0.717, 1.165) is 38.2 Å². The van der Waals surface area contributed by atoms with Crippen molar-refractivity contribution in [3.05, 3.63) is 28.8 Å². The number of piperazine rings is 1. The smallest absolute Gasteiger partial charge is 0.244 e. The lowest BCUT2D eigenvalue weighted by molar-refractivity contribution is 0.179. The van der Waals surface area contributed by atoms with Crippen LogP contribution in [0.4, 0.5) is 0 Å². The van der Waals surface area contributed by atoms with Gasteiger partial charge in [-0.3, -0.25) is 4.90 Å². The zero-order chi connectivity index (χ0) is 17.3. The molecule has 0 amide bonds. The normalized spacial score (nSPS) is 23.0. The zero-order valence-corrected chi connectivity index (χ0v) is 17.1. The third-order valence-electron chi connectivity index (χ3n) is 5.03. The van der Waals surface area contributed by atoms with Gasteiger partial charge in [-0.1, -0.05) is 31.5 Å². The Hall–Kier alpha value is -0.370. The van der Waals surface area contributed by atoms with Crippen molar-refractivity contribution in [3.63, 3.8) is 0 Å². The van der Waals surface area contributed by atoms with Crippen molar-refractivity contribution < 1.29 is 8.42 Å². The quantitative estimate of drug-likeness (QED) is 0.832. The van der Waals surface area contributed by atoms with Crippen LogP contribution in [0.5, 0.6) is 0 Å². The van der Waals surface area contributed by atoms with Crippen LogP contribution >= 0.6 is 24.0 Å². The Morgan fingerprint density at radius 2 is 1.88 bits per heavy atom. The minimum absolute atomic E-state index is 0. The SMILES string of the molecule is CC(C)c1ccc(Cl)c(S(=O)(=O)N2CCC(N3CCNCC3)C2)c1.Cl. The third kappa shape index (κ3) is 4.49. The molecule has 1 atom stereocenters. The number of nitrogens with one attached hydrogen (secondary N) is 1. The molecule has 2 saturated heterocycles. The van der Waals surface area contributed by atoms with Gasteiger partial charge in [0.2, 0.25) is 10.0 Å². The number of nitrogens with zero attached hydrogens (tertiary/aromatic N) is 2. The molecule has 2 aliphatic heterocycles. The Morgan fingerprint density at radius 1 is 1.20 bits per heavy atom. The largest absolute Gasteiger partial charge is 0.314 e. The predicted octanol–water partition coefficient (Wildman–Crippen LogP) is 2.55. The summed E-state index contributed by atoms with van der Waals surface area (Å²) in [5.41, 5.74) is 0.996. The molecule has 1 aromatic rings. The molecular weight excluding hydrogens is 381 g/mol. The maximum Gasteiger partial charge on any atom is 0.244 e. The van der Waals surface area contributed by atoms with Gasteiger partial charge in [0.15, 0.2) is 0 Å². The van der Waals surface area contributed by atoms with Gasteiger partial charge in [-0.25, -0.2) is 8.42 Å². The monoisotopic (exact) mass is 407 g/mol. The molecule has 0 saturated carbocycles. The van der Waals surface area contributed by atoms with Crippen LogP contribution in [-0.4, -0.2) is 62.9 Å². The fraction of sp³-hybridized carbons (Fsp3) is 0.647. The van der Waals surface area contributed by atoms with Crippen molar-refractivity contribution in [2.45, 2.75) is 37.1 Å². The van der Waals surface area contributed by atoms with Crippen LogP contribution < -0.4 is 5.32 Å². The van der Waals surface area contributed by atoms with E-state index in [-0.39, 0.29) is 23.2 Å². The van der Waals surface area contributed by atoms with Gasteiger partial charge in [0, 0.05) is 45.3 Å². The van der Waals surface area contributed by atoms with E-state index >= 15 is 0 Å². The van der Waals surface area contributed by atoms with Crippen LogP contribution in [0.1, 0.15) is 31.7 Å². The number of halogens is 2. The van der Waals surface area contributed by atoms with Crippen LogP contribution in [0.3, 0.4) is 0 Å². The van der Waals surface area contributed by atoms with Crippen LogP contribution in [0, 0.1) is 0 Å². The summed E-state index contributed by atoms with van der Waals surface area (Å²) in [6.07, 6.45) is 0.890. The summed E-state index contributed by atoms with van der Waals surface area (Å²) in [5.74, 6) is 0.267. The highest BCUT2D eigenvalue weighted by Crippen LogP contribution is 2.31. The minimum Gasteiger partial charge on any atom is -0.314 e. The first-order valence-electron chi connectivity index (χ1n) is 8.64. The van der Waals surface area contributed by atoms with Crippen LogP contribution in [0.25, 0.3) is 0 Å². The number of hydrogen-bond acceptors (Lipinski definition) is 4. The summed E-state index contributed by atoms with van der Waals surface area (Å²) in [7, 11) is -3.54. The summed E-state index contributed by atoms with van der Waals surface area (Å²) >= 11 is 6.22. The third-order valence-corrected chi connectivity index (χ3v) is 7.38. The Bertz CT molecular complexity index is 691.